The highest BCUT2D eigenvalue weighted by molar-refractivity contribution is 6.30. The van der Waals surface area contributed by atoms with E-state index in [1.54, 1.807) is 6.07 Å². The first-order chi connectivity index (χ1) is 11.1. The number of aliphatic imine (C=N–C) groups is 1. The van der Waals surface area contributed by atoms with Gasteiger partial charge in [-0.2, -0.15) is 8.78 Å². The van der Waals surface area contributed by atoms with Crippen molar-refractivity contribution >= 4 is 17.6 Å². The maximum absolute atomic E-state index is 12.4. The molecule has 0 fully saturated rings. The fourth-order valence-electron chi connectivity index (χ4n) is 1.77. The summed E-state index contributed by atoms with van der Waals surface area (Å²) in [5.41, 5.74) is 0.486. The normalized spacial score (nSPS) is 11.7. The molecule has 0 aliphatic heterocycles. The van der Waals surface area contributed by atoms with Gasteiger partial charge in [-0.05, 0) is 32.0 Å². The van der Waals surface area contributed by atoms with Crippen LogP contribution in [0.3, 0.4) is 0 Å². The van der Waals surface area contributed by atoms with E-state index in [9.17, 15) is 8.78 Å². The van der Waals surface area contributed by atoms with Gasteiger partial charge in [-0.25, -0.2) is 4.99 Å². The van der Waals surface area contributed by atoms with Gasteiger partial charge >= 0.3 is 6.61 Å². The van der Waals surface area contributed by atoms with Gasteiger partial charge in [0, 0.05) is 30.3 Å². The molecule has 5 nitrogen and oxygen atoms in total. The molecule has 0 saturated heterocycles. The molecule has 8 heteroatoms. The van der Waals surface area contributed by atoms with Gasteiger partial charge in [-0.3, -0.25) is 0 Å². The van der Waals surface area contributed by atoms with Crippen LogP contribution in [0.4, 0.5) is 8.78 Å². The SMILES string of the molecule is CCNC(=NCc1cc(Cl)ccc1OC(F)F)NCCOCC. The Balaban J connectivity index is 2.75. The Labute approximate surface area is 140 Å². The lowest BCUT2D eigenvalue weighted by atomic mass is 10.2. The highest BCUT2D eigenvalue weighted by Gasteiger charge is 2.10. The van der Waals surface area contributed by atoms with Gasteiger partial charge in [0.1, 0.15) is 5.75 Å². The summed E-state index contributed by atoms with van der Waals surface area (Å²) in [5, 5.41) is 6.59. The number of benzene rings is 1. The molecule has 0 heterocycles. The van der Waals surface area contributed by atoms with Gasteiger partial charge in [0.2, 0.25) is 0 Å². The van der Waals surface area contributed by atoms with Crippen molar-refractivity contribution in [3.05, 3.63) is 28.8 Å². The van der Waals surface area contributed by atoms with Crippen LogP contribution < -0.4 is 15.4 Å². The number of nitrogens with one attached hydrogen (secondary N) is 2. The lowest BCUT2D eigenvalue weighted by Gasteiger charge is -2.13. The Morgan fingerprint density at radius 3 is 2.74 bits per heavy atom. The topological polar surface area (TPSA) is 54.9 Å². The smallest absolute Gasteiger partial charge is 0.387 e. The Morgan fingerprint density at radius 2 is 2.09 bits per heavy atom. The quantitative estimate of drug-likeness (QED) is 0.409. The van der Waals surface area contributed by atoms with Crippen molar-refractivity contribution in [1.29, 1.82) is 0 Å². The number of halogens is 3. The molecular formula is C15H22ClF2N3O2. The van der Waals surface area contributed by atoms with E-state index in [-0.39, 0.29) is 12.3 Å². The molecule has 1 aromatic carbocycles. The lowest BCUT2D eigenvalue weighted by molar-refractivity contribution is -0.0504. The van der Waals surface area contributed by atoms with E-state index in [2.05, 4.69) is 20.4 Å². The van der Waals surface area contributed by atoms with Crippen LogP contribution >= 0.6 is 11.6 Å². The van der Waals surface area contributed by atoms with Gasteiger partial charge < -0.3 is 20.1 Å². The third-order valence-corrected chi connectivity index (χ3v) is 2.97. The molecule has 0 aliphatic rings. The standard InChI is InChI=1S/C15H22ClF2N3O2/c1-3-19-15(20-7-8-22-4-2)21-10-11-9-12(16)5-6-13(11)23-14(17)18/h5-6,9,14H,3-4,7-8,10H2,1-2H3,(H2,19,20,21). The van der Waals surface area contributed by atoms with E-state index in [1.165, 1.54) is 12.1 Å². The molecule has 0 aromatic heterocycles. The summed E-state index contributed by atoms with van der Waals surface area (Å²) in [4.78, 5) is 4.35. The van der Waals surface area contributed by atoms with Gasteiger partial charge in [0.15, 0.2) is 5.96 Å². The minimum absolute atomic E-state index is 0.0679. The molecule has 0 aliphatic carbocycles. The van der Waals surface area contributed by atoms with Gasteiger partial charge in [0.25, 0.3) is 0 Å². The molecule has 0 atom stereocenters. The lowest BCUT2D eigenvalue weighted by Crippen LogP contribution is -2.39. The molecule has 2 N–H and O–H groups in total. The van der Waals surface area contributed by atoms with Crippen molar-refractivity contribution in [2.45, 2.75) is 27.0 Å². The predicted molar refractivity (Wildman–Crippen MR) is 87.4 cm³/mol. The number of hydrogen-bond acceptors (Lipinski definition) is 3. The monoisotopic (exact) mass is 349 g/mol. The van der Waals surface area contributed by atoms with Crippen molar-refractivity contribution in [1.82, 2.24) is 10.6 Å². The molecule has 1 rings (SSSR count). The van der Waals surface area contributed by atoms with Crippen molar-refractivity contribution in [2.75, 3.05) is 26.3 Å². The van der Waals surface area contributed by atoms with Crippen LogP contribution in [0, 0.1) is 0 Å². The molecule has 0 unspecified atom stereocenters. The Kier molecular flexibility index (Phi) is 9.31. The molecule has 1 aromatic rings. The minimum atomic E-state index is -2.89. The van der Waals surface area contributed by atoms with Crippen LogP contribution in [0.15, 0.2) is 23.2 Å². The van der Waals surface area contributed by atoms with Crippen LogP contribution in [0.1, 0.15) is 19.4 Å². The summed E-state index contributed by atoms with van der Waals surface area (Å²) in [7, 11) is 0. The molecule has 0 radical (unpaired) electrons. The minimum Gasteiger partial charge on any atom is -0.434 e. The van der Waals surface area contributed by atoms with Crippen LogP contribution in [0.5, 0.6) is 5.75 Å². The number of rotatable bonds is 9. The van der Waals surface area contributed by atoms with Crippen molar-refractivity contribution in [3.63, 3.8) is 0 Å². The van der Waals surface area contributed by atoms with Crippen molar-refractivity contribution < 1.29 is 18.3 Å². The van der Waals surface area contributed by atoms with E-state index in [4.69, 9.17) is 16.3 Å². The zero-order chi connectivity index (χ0) is 17.1. The predicted octanol–water partition coefficient (Wildman–Crippen LogP) is 3.03. The number of guanidine groups is 1. The maximum atomic E-state index is 12.4. The summed E-state index contributed by atoms with van der Waals surface area (Å²) >= 11 is 5.91. The second-order valence-corrected chi connectivity index (χ2v) is 4.89. The zero-order valence-electron chi connectivity index (χ0n) is 13.2. The van der Waals surface area contributed by atoms with Gasteiger partial charge in [-0.15, -0.1) is 0 Å². The van der Waals surface area contributed by atoms with Crippen LogP contribution in [-0.4, -0.2) is 38.9 Å². The third-order valence-electron chi connectivity index (χ3n) is 2.73. The Morgan fingerprint density at radius 1 is 1.30 bits per heavy atom. The highest BCUT2D eigenvalue weighted by atomic mass is 35.5. The summed E-state index contributed by atoms with van der Waals surface area (Å²) < 4.78 is 34.6. The number of ether oxygens (including phenoxy) is 2. The second kappa shape index (κ2) is 11.0. The van der Waals surface area contributed by atoms with Crippen LogP contribution in [0.25, 0.3) is 0 Å². The average molecular weight is 350 g/mol. The maximum Gasteiger partial charge on any atom is 0.387 e. The second-order valence-electron chi connectivity index (χ2n) is 4.45. The first-order valence-corrected chi connectivity index (χ1v) is 7.77. The Hall–Kier alpha value is -1.60. The molecule has 0 spiro atoms. The molecule has 130 valence electrons. The molecule has 0 saturated carbocycles. The first kappa shape index (κ1) is 19.4. The largest absolute Gasteiger partial charge is 0.434 e. The fraction of sp³-hybridized carbons (Fsp3) is 0.533. The Bertz CT molecular complexity index is 502. The number of nitrogens with zero attached hydrogens (tertiary/aromatic N) is 1. The zero-order valence-corrected chi connectivity index (χ0v) is 14.0. The summed E-state index contributed by atoms with van der Waals surface area (Å²) in [6.07, 6.45) is 0. The van der Waals surface area contributed by atoms with E-state index >= 15 is 0 Å². The first-order valence-electron chi connectivity index (χ1n) is 7.40. The average Bonchev–Trinajstić information content (AvgIpc) is 2.51. The summed E-state index contributed by atoms with van der Waals surface area (Å²) in [6.45, 7) is 3.59. The number of hydrogen-bond donors (Lipinski definition) is 2. The van der Waals surface area contributed by atoms with Crippen LogP contribution in [-0.2, 0) is 11.3 Å². The van der Waals surface area contributed by atoms with Gasteiger partial charge in [-0.1, -0.05) is 11.6 Å². The molecule has 23 heavy (non-hydrogen) atoms. The summed E-state index contributed by atoms with van der Waals surface area (Å²) in [6, 6.07) is 4.47. The van der Waals surface area contributed by atoms with Crippen molar-refractivity contribution in [2.24, 2.45) is 4.99 Å². The highest BCUT2D eigenvalue weighted by Crippen LogP contribution is 2.25. The van der Waals surface area contributed by atoms with E-state index in [0.29, 0.717) is 42.8 Å². The number of alkyl halides is 2. The van der Waals surface area contributed by atoms with E-state index in [1.807, 2.05) is 13.8 Å². The summed E-state index contributed by atoms with van der Waals surface area (Å²) in [5.74, 6) is 0.633. The molecule has 0 amide bonds. The fourth-order valence-corrected chi connectivity index (χ4v) is 1.97. The third kappa shape index (κ3) is 7.99. The van der Waals surface area contributed by atoms with E-state index in [0.717, 1.165) is 0 Å². The van der Waals surface area contributed by atoms with Crippen LogP contribution in [0.2, 0.25) is 5.02 Å². The molecule has 0 bridgehead atoms. The van der Waals surface area contributed by atoms with E-state index < -0.39 is 6.61 Å². The van der Waals surface area contributed by atoms with Crippen molar-refractivity contribution in [3.8, 4) is 5.75 Å². The molecular weight excluding hydrogens is 328 g/mol. The van der Waals surface area contributed by atoms with Gasteiger partial charge in [0.05, 0.1) is 13.2 Å².